The van der Waals surface area contributed by atoms with Gasteiger partial charge in [-0.1, -0.05) is 0 Å². The Bertz CT molecular complexity index is 555. The molecule has 0 amide bonds. The van der Waals surface area contributed by atoms with Crippen molar-refractivity contribution in [1.82, 2.24) is 19.4 Å². The van der Waals surface area contributed by atoms with E-state index in [1.54, 1.807) is 0 Å². The van der Waals surface area contributed by atoms with Crippen molar-refractivity contribution in [1.29, 1.82) is 0 Å². The van der Waals surface area contributed by atoms with Gasteiger partial charge in [-0.3, -0.25) is 4.90 Å². The van der Waals surface area contributed by atoms with Crippen LogP contribution in [0.4, 0.5) is 0 Å². The van der Waals surface area contributed by atoms with Crippen LogP contribution in [-0.4, -0.2) is 98.3 Å². The monoisotopic (exact) mass is 371 g/mol. The molecule has 5 aliphatic rings. The number of likely N-dealkylation sites (tertiary alicyclic amines) is 1. The number of hydrogen-bond donors (Lipinski definition) is 2. The average Bonchev–Trinajstić information content (AvgIpc) is 2.97. The van der Waals surface area contributed by atoms with Gasteiger partial charge >= 0.3 is 0 Å². The van der Waals surface area contributed by atoms with Gasteiger partial charge in [-0.2, -0.15) is 4.31 Å². The zero-order valence-corrected chi connectivity index (χ0v) is 16.0. The SMILES string of the molecule is NC1CNCCC1N1CCC(S(=O)(=O)N2CCN3CCC2CC3)CC1. The standard InChI is InChI=1S/C17H33N5O2S/c18-16-13-19-6-1-17(16)21-9-4-15(5-10-21)25(23,24)22-12-11-20-7-2-14(22)3-8-20/h14-17,19H,1-13,18H2. The number of hydrogen-bond acceptors (Lipinski definition) is 6. The highest BCUT2D eigenvalue weighted by molar-refractivity contribution is 7.89. The molecule has 2 unspecified atom stereocenters. The number of nitrogens with one attached hydrogen (secondary N) is 1. The molecule has 5 heterocycles. The Balaban J connectivity index is 1.39. The van der Waals surface area contributed by atoms with Crippen LogP contribution in [0.25, 0.3) is 0 Å². The summed E-state index contributed by atoms with van der Waals surface area (Å²) in [5.74, 6) is 0. The van der Waals surface area contributed by atoms with Crippen molar-refractivity contribution in [2.24, 2.45) is 5.73 Å². The van der Waals surface area contributed by atoms with Crippen molar-refractivity contribution in [3.8, 4) is 0 Å². The second kappa shape index (κ2) is 7.40. The molecular formula is C17H33N5O2S. The van der Waals surface area contributed by atoms with Crippen LogP contribution in [0, 0.1) is 0 Å². The topological polar surface area (TPSA) is 81.9 Å². The normalized spacial score (nSPS) is 39.4. The van der Waals surface area contributed by atoms with Crippen molar-refractivity contribution in [2.75, 3.05) is 52.4 Å². The quantitative estimate of drug-likeness (QED) is 0.679. The number of sulfonamides is 1. The largest absolute Gasteiger partial charge is 0.325 e. The van der Waals surface area contributed by atoms with E-state index in [0.717, 1.165) is 77.9 Å². The fourth-order valence-corrected chi connectivity index (χ4v) is 7.36. The minimum absolute atomic E-state index is 0.164. The van der Waals surface area contributed by atoms with E-state index < -0.39 is 10.0 Å². The zero-order valence-electron chi connectivity index (χ0n) is 15.1. The summed E-state index contributed by atoms with van der Waals surface area (Å²) in [7, 11) is -3.17. The third kappa shape index (κ3) is 3.61. The third-order valence-electron chi connectivity index (χ3n) is 6.79. The minimum Gasteiger partial charge on any atom is -0.325 e. The van der Waals surface area contributed by atoms with E-state index in [-0.39, 0.29) is 17.3 Å². The van der Waals surface area contributed by atoms with Gasteiger partial charge in [-0.25, -0.2) is 8.42 Å². The summed E-state index contributed by atoms with van der Waals surface area (Å²) in [5.41, 5.74) is 6.27. The van der Waals surface area contributed by atoms with Crippen LogP contribution in [0.5, 0.6) is 0 Å². The highest BCUT2D eigenvalue weighted by Crippen LogP contribution is 2.29. The van der Waals surface area contributed by atoms with Gasteiger partial charge in [-0.05, 0) is 64.8 Å². The number of nitrogens with two attached hydrogens (primary N) is 1. The molecule has 5 rings (SSSR count). The van der Waals surface area contributed by atoms with Crippen molar-refractivity contribution in [3.63, 3.8) is 0 Å². The van der Waals surface area contributed by atoms with Gasteiger partial charge in [-0.15, -0.1) is 0 Å². The average molecular weight is 372 g/mol. The number of fused-ring (bicyclic) bond motifs is 4. The molecule has 0 aromatic rings. The molecule has 25 heavy (non-hydrogen) atoms. The van der Waals surface area contributed by atoms with Crippen molar-refractivity contribution < 1.29 is 8.42 Å². The maximum Gasteiger partial charge on any atom is 0.217 e. The molecule has 144 valence electrons. The van der Waals surface area contributed by atoms with Crippen LogP contribution in [0.2, 0.25) is 0 Å². The fraction of sp³-hybridized carbons (Fsp3) is 1.00. The van der Waals surface area contributed by atoms with Gasteiger partial charge in [0, 0.05) is 37.8 Å². The van der Waals surface area contributed by atoms with Gasteiger partial charge < -0.3 is 16.0 Å². The Kier molecular flexibility index (Phi) is 5.37. The Morgan fingerprint density at radius 1 is 0.880 bits per heavy atom. The summed E-state index contributed by atoms with van der Waals surface area (Å²) in [4.78, 5) is 4.85. The molecule has 5 fully saturated rings. The predicted octanol–water partition coefficient (Wildman–Crippen LogP) is -0.750. The maximum atomic E-state index is 13.3. The highest BCUT2D eigenvalue weighted by Gasteiger charge is 2.42. The number of nitrogens with zero attached hydrogens (tertiary/aromatic N) is 3. The molecule has 8 heteroatoms. The van der Waals surface area contributed by atoms with E-state index in [2.05, 4.69) is 15.1 Å². The van der Waals surface area contributed by atoms with E-state index >= 15 is 0 Å². The smallest absolute Gasteiger partial charge is 0.217 e. The molecule has 5 saturated heterocycles. The summed E-state index contributed by atoms with van der Waals surface area (Å²) in [6, 6.07) is 0.808. The lowest BCUT2D eigenvalue weighted by molar-refractivity contribution is 0.120. The van der Waals surface area contributed by atoms with Gasteiger partial charge in [0.2, 0.25) is 10.0 Å². The lowest BCUT2D eigenvalue weighted by Crippen LogP contribution is -2.59. The molecule has 0 aromatic heterocycles. The van der Waals surface area contributed by atoms with Crippen LogP contribution in [0.15, 0.2) is 0 Å². The Morgan fingerprint density at radius 3 is 2.28 bits per heavy atom. The predicted molar refractivity (Wildman–Crippen MR) is 98.9 cm³/mol. The van der Waals surface area contributed by atoms with Crippen LogP contribution in [0.1, 0.15) is 32.1 Å². The molecule has 7 nitrogen and oxygen atoms in total. The van der Waals surface area contributed by atoms with Crippen LogP contribution in [-0.2, 0) is 10.0 Å². The first-order valence-electron chi connectivity index (χ1n) is 9.99. The lowest BCUT2D eigenvalue weighted by atomic mass is 9.97. The van der Waals surface area contributed by atoms with E-state index in [1.807, 2.05) is 4.31 Å². The van der Waals surface area contributed by atoms with E-state index in [1.165, 1.54) is 0 Å². The van der Waals surface area contributed by atoms with E-state index in [4.69, 9.17) is 5.73 Å². The summed E-state index contributed by atoms with van der Waals surface area (Å²) in [5, 5.41) is 3.14. The van der Waals surface area contributed by atoms with Crippen molar-refractivity contribution in [3.05, 3.63) is 0 Å². The van der Waals surface area contributed by atoms with Gasteiger partial charge in [0.05, 0.1) is 5.25 Å². The zero-order chi connectivity index (χ0) is 17.4. The molecule has 2 bridgehead atoms. The first kappa shape index (κ1) is 18.1. The third-order valence-corrected chi connectivity index (χ3v) is 9.23. The van der Waals surface area contributed by atoms with Gasteiger partial charge in [0.15, 0.2) is 0 Å². The molecule has 0 aliphatic carbocycles. The molecule has 0 saturated carbocycles. The van der Waals surface area contributed by atoms with Gasteiger partial charge in [0.25, 0.3) is 0 Å². The summed E-state index contributed by atoms with van der Waals surface area (Å²) in [6.07, 6.45) is 4.59. The first-order valence-corrected chi connectivity index (χ1v) is 11.5. The highest BCUT2D eigenvalue weighted by atomic mass is 32.2. The summed E-state index contributed by atoms with van der Waals surface area (Å²) in [6.45, 7) is 7.33. The second-order valence-corrected chi connectivity index (χ2v) is 10.4. The Labute approximate surface area is 151 Å². The Hall–Kier alpha value is -0.250. The first-order chi connectivity index (χ1) is 12.1. The number of piperidine rings is 3. The van der Waals surface area contributed by atoms with Crippen molar-refractivity contribution >= 4 is 10.0 Å². The fourth-order valence-electron chi connectivity index (χ4n) is 5.21. The van der Waals surface area contributed by atoms with Gasteiger partial charge in [0.1, 0.15) is 0 Å². The molecule has 3 N–H and O–H groups in total. The molecule has 2 atom stereocenters. The second-order valence-electron chi connectivity index (χ2n) is 8.19. The molecule has 0 aromatic carbocycles. The molecule has 0 radical (unpaired) electrons. The van der Waals surface area contributed by atoms with Crippen LogP contribution < -0.4 is 11.1 Å². The van der Waals surface area contributed by atoms with Crippen LogP contribution in [0.3, 0.4) is 0 Å². The van der Waals surface area contributed by atoms with E-state index in [9.17, 15) is 8.42 Å². The van der Waals surface area contributed by atoms with Crippen molar-refractivity contribution in [2.45, 2.75) is 55.5 Å². The van der Waals surface area contributed by atoms with Crippen LogP contribution >= 0.6 is 0 Å². The molecular weight excluding hydrogens is 338 g/mol. The Morgan fingerprint density at radius 2 is 1.60 bits per heavy atom. The maximum absolute atomic E-state index is 13.3. The molecule has 0 spiro atoms. The number of rotatable bonds is 3. The summed E-state index contributed by atoms with van der Waals surface area (Å²) < 4.78 is 28.4. The van der Waals surface area contributed by atoms with E-state index in [0.29, 0.717) is 12.6 Å². The minimum atomic E-state index is -3.17. The lowest BCUT2D eigenvalue weighted by Gasteiger charge is -2.43. The molecule has 5 aliphatic heterocycles. The summed E-state index contributed by atoms with van der Waals surface area (Å²) >= 11 is 0.